The van der Waals surface area contributed by atoms with E-state index in [1.54, 1.807) is 14.2 Å². The van der Waals surface area contributed by atoms with Crippen LogP contribution in [0, 0.1) is 0 Å². The minimum Gasteiger partial charge on any atom is -0.497 e. The van der Waals surface area contributed by atoms with E-state index in [1.165, 1.54) is 5.69 Å². The molecular formula is C21H28N4O2S. The number of nitrogens with one attached hydrogen (secondary N) is 1. The van der Waals surface area contributed by atoms with Crippen molar-refractivity contribution >= 4 is 34.4 Å². The molecule has 0 amide bonds. The Morgan fingerprint density at radius 3 is 2.21 bits per heavy atom. The fourth-order valence-corrected chi connectivity index (χ4v) is 3.54. The molecule has 0 aliphatic carbocycles. The van der Waals surface area contributed by atoms with Crippen LogP contribution in [0.25, 0.3) is 0 Å². The second-order valence-corrected chi connectivity index (χ2v) is 7.27. The molecule has 1 aliphatic heterocycles. The first-order valence-electron chi connectivity index (χ1n) is 9.32. The molecule has 3 rings (SSSR count). The minimum atomic E-state index is 0.763. The average molecular weight is 401 g/mol. The maximum atomic E-state index is 5.62. The topological polar surface area (TPSA) is 40.2 Å². The Bertz CT molecular complexity index is 803. The Morgan fingerprint density at radius 1 is 0.964 bits per heavy atom. The van der Waals surface area contributed by atoms with Crippen molar-refractivity contribution in [2.75, 3.05) is 69.6 Å². The van der Waals surface area contributed by atoms with Gasteiger partial charge in [0.05, 0.1) is 19.9 Å². The maximum Gasteiger partial charge on any atom is 0.173 e. The number of thiocarbonyl (C=S) groups is 1. The normalized spacial score (nSPS) is 13.9. The van der Waals surface area contributed by atoms with Crippen molar-refractivity contribution in [1.29, 1.82) is 0 Å². The third-order valence-electron chi connectivity index (χ3n) is 4.93. The van der Waals surface area contributed by atoms with Gasteiger partial charge in [-0.1, -0.05) is 0 Å². The smallest absolute Gasteiger partial charge is 0.173 e. The van der Waals surface area contributed by atoms with Gasteiger partial charge in [0.1, 0.15) is 11.5 Å². The summed E-state index contributed by atoms with van der Waals surface area (Å²) in [5.74, 6) is 1.62. The van der Waals surface area contributed by atoms with E-state index in [0.717, 1.165) is 54.2 Å². The highest BCUT2D eigenvalue weighted by atomic mass is 32.1. The van der Waals surface area contributed by atoms with Crippen molar-refractivity contribution in [2.45, 2.75) is 0 Å². The summed E-state index contributed by atoms with van der Waals surface area (Å²) in [5.41, 5.74) is 3.26. The first kappa shape index (κ1) is 20.1. The van der Waals surface area contributed by atoms with Crippen molar-refractivity contribution in [1.82, 2.24) is 4.90 Å². The van der Waals surface area contributed by atoms with Crippen molar-refractivity contribution in [3.05, 3.63) is 42.5 Å². The zero-order chi connectivity index (χ0) is 20.1. The predicted molar refractivity (Wildman–Crippen MR) is 120 cm³/mol. The molecule has 1 heterocycles. The number of piperazine rings is 1. The summed E-state index contributed by atoms with van der Waals surface area (Å²) < 4.78 is 10.8. The van der Waals surface area contributed by atoms with Crippen molar-refractivity contribution in [2.24, 2.45) is 0 Å². The van der Waals surface area contributed by atoms with E-state index in [1.807, 2.05) is 26.2 Å². The van der Waals surface area contributed by atoms with Gasteiger partial charge in [-0.25, -0.2) is 0 Å². The molecule has 2 aromatic carbocycles. The number of hydrogen-bond donors (Lipinski definition) is 1. The van der Waals surface area contributed by atoms with Crippen LogP contribution >= 0.6 is 12.2 Å². The zero-order valence-corrected chi connectivity index (χ0v) is 17.8. The zero-order valence-electron chi connectivity index (χ0n) is 16.9. The van der Waals surface area contributed by atoms with Crippen LogP contribution in [0.15, 0.2) is 42.5 Å². The second kappa shape index (κ2) is 9.01. The van der Waals surface area contributed by atoms with Crippen molar-refractivity contribution in [3.63, 3.8) is 0 Å². The Morgan fingerprint density at radius 2 is 1.64 bits per heavy atom. The summed E-state index contributed by atoms with van der Waals surface area (Å²) in [6, 6.07) is 14.2. The van der Waals surface area contributed by atoms with Crippen LogP contribution in [0.5, 0.6) is 11.5 Å². The molecular weight excluding hydrogens is 372 g/mol. The Balaban J connectivity index is 1.58. The number of anilines is 3. The molecule has 7 heteroatoms. The molecule has 2 aromatic rings. The molecule has 0 bridgehead atoms. The first-order chi connectivity index (χ1) is 13.5. The molecule has 1 N–H and O–H groups in total. The number of benzene rings is 2. The van der Waals surface area contributed by atoms with E-state index in [9.17, 15) is 0 Å². The molecule has 0 atom stereocenters. The predicted octanol–water partition coefficient (Wildman–Crippen LogP) is 3.29. The third-order valence-corrected chi connectivity index (χ3v) is 5.29. The van der Waals surface area contributed by atoms with Crippen LogP contribution in [0.1, 0.15) is 0 Å². The summed E-state index contributed by atoms with van der Waals surface area (Å²) in [7, 11) is 7.42. The molecule has 0 spiro atoms. The Hall–Kier alpha value is -2.67. The van der Waals surface area contributed by atoms with E-state index >= 15 is 0 Å². The first-order valence-corrected chi connectivity index (χ1v) is 9.73. The number of rotatable bonds is 5. The molecule has 0 aromatic heterocycles. The van der Waals surface area contributed by atoms with Crippen LogP contribution in [0.3, 0.4) is 0 Å². The van der Waals surface area contributed by atoms with Gasteiger partial charge in [0.25, 0.3) is 0 Å². The fraction of sp³-hybridized carbons (Fsp3) is 0.381. The fourth-order valence-electron chi connectivity index (χ4n) is 3.24. The lowest BCUT2D eigenvalue weighted by Crippen LogP contribution is -2.50. The van der Waals surface area contributed by atoms with E-state index in [4.69, 9.17) is 21.7 Å². The van der Waals surface area contributed by atoms with Gasteiger partial charge < -0.3 is 29.5 Å². The average Bonchev–Trinajstić information content (AvgIpc) is 2.73. The van der Waals surface area contributed by atoms with Gasteiger partial charge in [0.15, 0.2) is 5.11 Å². The molecule has 0 radical (unpaired) electrons. The Labute approximate surface area is 172 Å². The highest BCUT2D eigenvalue weighted by Crippen LogP contribution is 2.32. The number of hydrogen-bond acceptors (Lipinski definition) is 5. The summed E-state index contributed by atoms with van der Waals surface area (Å²) in [5, 5.41) is 4.11. The highest BCUT2D eigenvalue weighted by Gasteiger charge is 2.21. The highest BCUT2D eigenvalue weighted by molar-refractivity contribution is 7.80. The lowest BCUT2D eigenvalue weighted by Gasteiger charge is -2.38. The SMILES string of the molecule is COc1ccc(N2CCN(C(=S)Nc3ccc(N(C)C)cc3)CC2)c(OC)c1. The van der Waals surface area contributed by atoms with Gasteiger partial charge in [-0.05, 0) is 48.6 Å². The molecule has 0 unspecified atom stereocenters. The van der Waals surface area contributed by atoms with Crippen LogP contribution in [0.4, 0.5) is 17.1 Å². The summed E-state index contributed by atoms with van der Waals surface area (Å²) in [6.07, 6.45) is 0. The van der Waals surface area contributed by atoms with Crippen LogP contribution in [-0.4, -0.2) is 64.5 Å². The molecule has 1 saturated heterocycles. The largest absolute Gasteiger partial charge is 0.497 e. The molecule has 0 saturated carbocycles. The Kier molecular flexibility index (Phi) is 6.46. The van der Waals surface area contributed by atoms with Crippen LogP contribution in [-0.2, 0) is 0 Å². The van der Waals surface area contributed by atoms with Gasteiger partial charge in [0.2, 0.25) is 0 Å². The van der Waals surface area contributed by atoms with Gasteiger partial charge >= 0.3 is 0 Å². The van der Waals surface area contributed by atoms with E-state index < -0.39 is 0 Å². The monoisotopic (exact) mass is 400 g/mol. The van der Waals surface area contributed by atoms with Crippen LogP contribution in [0.2, 0.25) is 0 Å². The summed E-state index contributed by atoms with van der Waals surface area (Å²) >= 11 is 5.62. The lowest BCUT2D eigenvalue weighted by atomic mass is 10.2. The summed E-state index contributed by atoms with van der Waals surface area (Å²) in [4.78, 5) is 6.61. The number of nitrogens with zero attached hydrogens (tertiary/aromatic N) is 3. The molecule has 6 nitrogen and oxygen atoms in total. The maximum absolute atomic E-state index is 5.62. The van der Waals surface area contributed by atoms with Gasteiger partial charge in [-0.3, -0.25) is 0 Å². The number of ether oxygens (including phenoxy) is 2. The second-order valence-electron chi connectivity index (χ2n) is 6.88. The molecule has 28 heavy (non-hydrogen) atoms. The minimum absolute atomic E-state index is 0.763. The van der Waals surface area contributed by atoms with Gasteiger partial charge in [-0.2, -0.15) is 0 Å². The standard InChI is InChI=1S/C21H28N4O2S/c1-23(2)17-7-5-16(6-8-17)22-21(28)25-13-11-24(12-14-25)19-10-9-18(26-3)15-20(19)27-4/h5-10,15H,11-14H2,1-4H3,(H,22,28). The summed E-state index contributed by atoms with van der Waals surface area (Å²) in [6.45, 7) is 3.47. The van der Waals surface area contributed by atoms with Crippen LogP contribution < -0.4 is 24.6 Å². The van der Waals surface area contributed by atoms with Gasteiger partial charge in [-0.15, -0.1) is 0 Å². The quantitative estimate of drug-likeness (QED) is 0.773. The van der Waals surface area contributed by atoms with E-state index in [2.05, 4.69) is 50.3 Å². The molecule has 1 aliphatic rings. The lowest BCUT2D eigenvalue weighted by molar-refractivity contribution is 0.377. The van der Waals surface area contributed by atoms with Gasteiger partial charge in [0, 0.05) is 57.7 Å². The molecule has 1 fully saturated rings. The third kappa shape index (κ3) is 4.59. The van der Waals surface area contributed by atoms with Crippen molar-refractivity contribution < 1.29 is 9.47 Å². The van der Waals surface area contributed by atoms with Crippen molar-refractivity contribution in [3.8, 4) is 11.5 Å². The molecule has 150 valence electrons. The number of methoxy groups -OCH3 is 2. The van der Waals surface area contributed by atoms with E-state index in [0.29, 0.717) is 0 Å². The van der Waals surface area contributed by atoms with E-state index in [-0.39, 0.29) is 0 Å².